The van der Waals surface area contributed by atoms with E-state index in [0.29, 0.717) is 5.39 Å². The maximum atomic E-state index is 12.3. The summed E-state index contributed by atoms with van der Waals surface area (Å²) in [5, 5.41) is 1.39. The minimum absolute atomic E-state index is 0.0637. The van der Waals surface area contributed by atoms with Gasteiger partial charge in [0, 0.05) is 36.9 Å². The van der Waals surface area contributed by atoms with Crippen LogP contribution in [-0.2, 0) is 0 Å². The first kappa shape index (κ1) is 17.1. The summed E-state index contributed by atoms with van der Waals surface area (Å²) in [7, 11) is 0. The fourth-order valence-corrected chi connectivity index (χ4v) is 3.70. The molecule has 3 aromatic rings. The van der Waals surface area contributed by atoms with E-state index in [9.17, 15) is 4.79 Å². The Morgan fingerprint density at radius 3 is 2.62 bits per heavy atom. The molecule has 1 N–H and O–H groups in total. The predicted molar refractivity (Wildman–Crippen MR) is 106 cm³/mol. The van der Waals surface area contributed by atoms with Crippen LogP contribution in [0, 0.1) is 0 Å². The Hall–Kier alpha value is -2.37. The van der Waals surface area contributed by atoms with Crippen LogP contribution >= 0.6 is 11.6 Å². The Morgan fingerprint density at radius 1 is 1.08 bits per heavy atom. The van der Waals surface area contributed by atoms with E-state index in [2.05, 4.69) is 32.8 Å². The first-order valence-corrected chi connectivity index (χ1v) is 9.23. The van der Waals surface area contributed by atoms with Gasteiger partial charge in [-0.05, 0) is 37.3 Å². The van der Waals surface area contributed by atoms with Crippen LogP contribution in [0.25, 0.3) is 10.9 Å². The number of aromatic amines is 1. The molecule has 0 spiro atoms. The van der Waals surface area contributed by atoms with Gasteiger partial charge in [0.25, 0.3) is 5.56 Å². The number of halogens is 1. The van der Waals surface area contributed by atoms with Crippen LogP contribution < -0.4 is 10.5 Å². The third-order valence-electron chi connectivity index (χ3n) is 5.06. The number of aromatic nitrogens is 2. The molecular weight excluding hydrogens is 348 g/mol. The lowest BCUT2D eigenvalue weighted by Gasteiger charge is -2.38. The van der Waals surface area contributed by atoms with E-state index in [1.807, 2.05) is 36.4 Å². The molecule has 1 atom stereocenters. The van der Waals surface area contributed by atoms with E-state index in [4.69, 9.17) is 11.6 Å². The average molecular weight is 369 g/mol. The molecular formula is C20H21ClN4O. The summed E-state index contributed by atoms with van der Waals surface area (Å²) in [5.74, 6) is 0.727. The summed E-state index contributed by atoms with van der Waals surface area (Å²) < 4.78 is 0. The number of benzene rings is 2. The number of rotatable bonds is 3. The summed E-state index contributed by atoms with van der Waals surface area (Å²) in [6, 6.07) is 15.5. The van der Waals surface area contributed by atoms with E-state index in [0.717, 1.165) is 48.2 Å². The Balaban J connectivity index is 1.50. The Bertz CT molecular complexity index is 979. The largest absolute Gasteiger partial charge is 0.369 e. The van der Waals surface area contributed by atoms with E-state index < -0.39 is 0 Å². The van der Waals surface area contributed by atoms with Gasteiger partial charge in [0.05, 0.1) is 16.9 Å². The highest BCUT2D eigenvalue weighted by Gasteiger charge is 2.24. The molecule has 5 nitrogen and oxygen atoms in total. The number of H-pyrrole nitrogens is 1. The number of nitrogens with zero attached hydrogens (tertiary/aromatic N) is 3. The van der Waals surface area contributed by atoms with Crippen LogP contribution in [0.2, 0.25) is 5.02 Å². The summed E-state index contributed by atoms with van der Waals surface area (Å²) in [6.07, 6.45) is 0. The van der Waals surface area contributed by atoms with E-state index in [-0.39, 0.29) is 11.6 Å². The molecule has 0 aliphatic carbocycles. The van der Waals surface area contributed by atoms with Gasteiger partial charge < -0.3 is 9.88 Å². The number of para-hydroxylation sites is 1. The molecule has 1 aliphatic heterocycles. The number of piperazine rings is 1. The van der Waals surface area contributed by atoms with Crippen molar-refractivity contribution >= 4 is 28.2 Å². The molecule has 1 aromatic heterocycles. The number of hydrogen-bond acceptors (Lipinski definition) is 4. The van der Waals surface area contributed by atoms with Crippen LogP contribution in [0.3, 0.4) is 0 Å². The minimum atomic E-state index is -0.0741. The third-order valence-corrected chi connectivity index (χ3v) is 5.30. The van der Waals surface area contributed by atoms with Crippen molar-refractivity contribution in [2.75, 3.05) is 31.1 Å². The van der Waals surface area contributed by atoms with Gasteiger partial charge in [-0.3, -0.25) is 9.69 Å². The standard InChI is InChI=1S/C20H21ClN4O/c1-14(19-22-18-8-3-2-7-17(18)20(26)23-19)24-9-11-25(12-10-24)16-6-4-5-15(21)13-16/h2-8,13-14H,9-12H2,1H3,(H,22,23,26)/t14-/m1/s1. The second-order valence-corrected chi connectivity index (χ2v) is 7.08. The molecule has 1 fully saturated rings. The molecule has 1 aliphatic rings. The summed E-state index contributed by atoms with van der Waals surface area (Å²) in [4.78, 5) is 24.6. The predicted octanol–water partition coefficient (Wildman–Crippen LogP) is 3.46. The lowest BCUT2D eigenvalue weighted by molar-refractivity contribution is 0.192. The second-order valence-electron chi connectivity index (χ2n) is 6.65. The SMILES string of the molecule is C[C@H](c1nc2ccccc2c(=O)[nH]1)N1CCN(c2cccc(Cl)c2)CC1. The van der Waals surface area contributed by atoms with Crippen LogP contribution in [-0.4, -0.2) is 41.0 Å². The summed E-state index contributed by atoms with van der Waals surface area (Å²) in [6.45, 7) is 5.75. The van der Waals surface area contributed by atoms with Gasteiger partial charge in [-0.15, -0.1) is 0 Å². The van der Waals surface area contributed by atoms with E-state index >= 15 is 0 Å². The van der Waals surface area contributed by atoms with Crippen LogP contribution in [0.4, 0.5) is 5.69 Å². The normalized spacial score (nSPS) is 16.8. The van der Waals surface area contributed by atoms with Crippen molar-refractivity contribution in [2.24, 2.45) is 0 Å². The Labute approximate surface area is 157 Å². The number of hydrogen-bond donors (Lipinski definition) is 1. The van der Waals surface area contributed by atoms with Gasteiger partial charge in [0.2, 0.25) is 0 Å². The fourth-order valence-electron chi connectivity index (χ4n) is 3.52. The van der Waals surface area contributed by atoms with Crippen molar-refractivity contribution in [3.63, 3.8) is 0 Å². The van der Waals surface area contributed by atoms with Crippen LogP contribution in [0.1, 0.15) is 18.8 Å². The van der Waals surface area contributed by atoms with E-state index in [1.54, 1.807) is 6.07 Å². The van der Waals surface area contributed by atoms with Crippen molar-refractivity contribution in [2.45, 2.75) is 13.0 Å². The van der Waals surface area contributed by atoms with Crippen molar-refractivity contribution in [1.82, 2.24) is 14.9 Å². The first-order chi connectivity index (χ1) is 12.6. The average Bonchev–Trinajstić information content (AvgIpc) is 2.67. The summed E-state index contributed by atoms with van der Waals surface area (Å²) in [5.41, 5.74) is 1.83. The Morgan fingerprint density at radius 2 is 1.85 bits per heavy atom. The number of anilines is 1. The lowest BCUT2D eigenvalue weighted by Crippen LogP contribution is -2.47. The van der Waals surface area contributed by atoms with Crippen molar-refractivity contribution in [3.8, 4) is 0 Å². The van der Waals surface area contributed by atoms with Crippen LogP contribution in [0.15, 0.2) is 53.3 Å². The molecule has 0 bridgehead atoms. The van der Waals surface area contributed by atoms with E-state index in [1.165, 1.54) is 0 Å². The monoisotopic (exact) mass is 368 g/mol. The third kappa shape index (κ3) is 3.32. The van der Waals surface area contributed by atoms with Crippen molar-refractivity contribution in [1.29, 1.82) is 0 Å². The highest BCUT2D eigenvalue weighted by molar-refractivity contribution is 6.30. The van der Waals surface area contributed by atoms with Crippen molar-refractivity contribution < 1.29 is 0 Å². The van der Waals surface area contributed by atoms with Crippen molar-refractivity contribution in [3.05, 3.63) is 69.7 Å². The molecule has 26 heavy (non-hydrogen) atoms. The molecule has 2 heterocycles. The topological polar surface area (TPSA) is 52.2 Å². The van der Waals surface area contributed by atoms with Gasteiger partial charge >= 0.3 is 0 Å². The van der Waals surface area contributed by atoms with Gasteiger partial charge in [0.1, 0.15) is 5.82 Å². The molecule has 4 rings (SSSR count). The maximum Gasteiger partial charge on any atom is 0.258 e. The zero-order valence-corrected chi connectivity index (χ0v) is 15.4. The number of nitrogens with one attached hydrogen (secondary N) is 1. The maximum absolute atomic E-state index is 12.3. The lowest BCUT2D eigenvalue weighted by atomic mass is 10.2. The smallest absolute Gasteiger partial charge is 0.258 e. The molecule has 2 aromatic carbocycles. The second kappa shape index (κ2) is 7.09. The molecule has 0 unspecified atom stereocenters. The highest BCUT2D eigenvalue weighted by Crippen LogP contribution is 2.24. The quantitative estimate of drug-likeness (QED) is 0.769. The van der Waals surface area contributed by atoms with Gasteiger partial charge in [-0.25, -0.2) is 4.98 Å². The molecule has 1 saturated heterocycles. The van der Waals surface area contributed by atoms with Gasteiger partial charge in [-0.2, -0.15) is 0 Å². The molecule has 0 radical (unpaired) electrons. The van der Waals surface area contributed by atoms with Gasteiger partial charge in [0.15, 0.2) is 0 Å². The molecule has 134 valence electrons. The first-order valence-electron chi connectivity index (χ1n) is 8.85. The number of fused-ring (bicyclic) bond motifs is 1. The zero-order chi connectivity index (χ0) is 18.1. The Kier molecular flexibility index (Phi) is 4.66. The molecule has 0 amide bonds. The van der Waals surface area contributed by atoms with Crippen LogP contribution in [0.5, 0.6) is 0 Å². The highest BCUT2D eigenvalue weighted by atomic mass is 35.5. The molecule has 0 saturated carbocycles. The zero-order valence-electron chi connectivity index (χ0n) is 14.7. The minimum Gasteiger partial charge on any atom is -0.369 e. The fraction of sp³-hybridized carbons (Fsp3) is 0.300. The summed E-state index contributed by atoms with van der Waals surface area (Å²) >= 11 is 6.11. The molecule has 6 heteroatoms. The van der Waals surface area contributed by atoms with Gasteiger partial charge in [-0.1, -0.05) is 29.8 Å².